The molecule has 5 nitrogen and oxygen atoms in total. The average molecular weight is 564 g/mol. The predicted octanol–water partition coefficient (Wildman–Crippen LogP) is 7.46. The Morgan fingerprint density at radius 2 is 1.73 bits per heavy atom. The highest BCUT2D eigenvalue weighted by Gasteiger charge is 2.39. The normalized spacial score (nSPS) is 16.8. The molecule has 0 amide bonds. The number of benzene rings is 3. The fourth-order valence-electron chi connectivity index (χ4n) is 5.47. The Morgan fingerprint density at radius 3 is 2.40 bits per heavy atom. The average Bonchev–Trinajstić information content (AvgIpc) is 3.59. The lowest BCUT2D eigenvalue weighted by Crippen LogP contribution is -2.31. The molecule has 0 radical (unpaired) electrons. The van der Waals surface area contributed by atoms with Crippen molar-refractivity contribution < 1.29 is 17.6 Å². The Labute approximate surface area is 232 Å². The maximum Gasteiger partial charge on any atom is 0.173 e. The van der Waals surface area contributed by atoms with Crippen LogP contribution in [-0.4, -0.2) is 24.7 Å². The first kappa shape index (κ1) is 26.3. The second-order valence-corrected chi connectivity index (χ2v) is 11.1. The molecular formula is C30H25F4N5S. The smallest absolute Gasteiger partial charge is 0.173 e. The Kier molecular flexibility index (Phi) is 6.74. The molecule has 204 valence electrons. The third kappa shape index (κ3) is 4.60. The van der Waals surface area contributed by atoms with Gasteiger partial charge in [-0.1, -0.05) is 23.9 Å². The third-order valence-electron chi connectivity index (χ3n) is 7.59. The number of fused-ring (bicyclic) bond motifs is 1. The van der Waals surface area contributed by atoms with Gasteiger partial charge in [0.25, 0.3) is 0 Å². The zero-order valence-electron chi connectivity index (χ0n) is 21.8. The van der Waals surface area contributed by atoms with Crippen molar-refractivity contribution in [2.45, 2.75) is 49.4 Å². The van der Waals surface area contributed by atoms with Crippen LogP contribution in [0.15, 0.2) is 66.1 Å². The van der Waals surface area contributed by atoms with Crippen molar-refractivity contribution in [3.8, 4) is 17.1 Å². The van der Waals surface area contributed by atoms with Gasteiger partial charge in [0.15, 0.2) is 11.0 Å². The van der Waals surface area contributed by atoms with E-state index in [1.807, 2.05) is 10.6 Å². The summed E-state index contributed by atoms with van der Waals surface area (Å²) in [6.45, 7) is 3.84. The van der Waals surface area contributed by atoms with Crippen molar-refractivity contribution in [2.75, 3.05) is 0 Å². The van der Waals surface area contributed by atoms with Crippen molar-refractivity contribution >= 4 is 11.8 Å². The first-order valence-corrected chi connectivity index (χ1v) is 13.8. The van der Waals surface area contributed by atoms with Crippen LogP contribution in [0.25, 0.3) is 17.1 Å². The first-order valence-electron chi connectivity index (χ1n) is 12.9. The van der Waals surface area contributed by atoms with E-state index in [0.29, 0.717) is 16.4 Å². The summed E-state index contributed by atoms with van der Waals surface area (Å²) >= 11 is 1.21. The molecule has 3 aromatic carbocycles. The number of thioether (sulfide) groups is 1. The van der Waals surface area contributed by atoms with Gasteiger partial charge in [0, 0.05) is 28.0 Å². The Balaban J connectivity index is 1.44. The first-order chi connectivity index (χ1) is 19.2. The molecule has 0 fully saturated rings. The van der Waals surface area contributed by atoms with Gasteiger partial charge < -0.3 is 4.98 Å². The van der Waals surface area contributed by atoms with Crippen molar-refractivity contribution in [1.82, 2.24) is 24.7 Å². The van der Waals surface area contributed by atoms with Crippen LogP contribution in [0.4, 0.5) is 17.6 Å². The SMILES string of the molecule is Cc1cc(C2(C)CCCc3nc(SCc4c(F)cc(-c5nnc[nH]5)cc4F)n(-c4ccc(F)cc4)c32)ccc1F. The van der Waals surface area contributed by atoms with E-state index >= 15 is 8.78 Å². The fraction of sp³-hybridized carbons (Fsp3) is 0.233. The standard InChI is InChI=1S/C30H25F4N5S/c1-17-12-19(5-10-23(17)32)30(2)11-3-4-26-27(30)39(21-8-6-20(31)7-9-21)29(37-26)40-15-22-24(33)13-18(14-25(22)34)28-35-16-36-38-28/h5-10,12-14,16H,3-4,11,15H2,1-2H3,(H,35,36,38). The largest absolute Gasteiger partial charge is 0.328 e. The van der Waals surface area contributed by atoms with Crippen LogP contribution in [-0.2, 0) is 17.6 Å². The van der Waals surface area contributed by atoms with Gasteiger partial charge in [-0.25, -0.2) is 22.5 Å². The van der Waals surface area contributed by atoms with E-state index in [-0.39, 0.29) is 34.3 Å². The zero-order valence-corrected chi connectivity index (χ0v) is 22.6. The molecular weight excluding hydrogens is 538 g/mol. The minimum Gasteiger partial charge on any atom is -0.328 e. The monoisotopic (exact) mass is 563 g/mol. The van der Waals surface area contributed by atoms with Crippen LogP contribution in [0.2, 0.25) is 0 Å². The van der Waals surface area contributed by atoms with Crippen molar-refractivity contribution in [2.24, 2.45) is 0 Å². The minimum absolute atomic E-state index is 0.0161. The summed E-state index contributed by atoms with van der Waals surface area (Å²) in [5.41, 5.74) is 3.63. The highest BCUT2D eigenvalue weighted by molar-refractivity contribution is 7.98. The van der Waals surface area contributed by atoms with Crippen LogP contribution in [0.5, 0.6) is 0 Å². The lowest BCUT2D eigenvalue weighted by atomic mass is 9.71. The lowest BCUT2D eigenvalue weighted by Gasteiger charge is -2.36. The van der Waals surface area contributed by atoms with Gasteiger partial charge in [-0.2, -0.15) is 0 Å². The molecule has 1 unspecified atom stereocenters. The molecule has 0 aliphatic heterocycles. The van der Waals surface area contributed by atoms with Crippen LogP contribution in [0, 0.1) is 30.2 Å². The van der Waals surface area contributed by atoms with Gasteiger partial charge in [0.2, 0.25) is 0 Å². The van der Waals surface area contributed by atoms with Gasteiger partial charge in [-0.05, 0) is 86.7 Å². The molecule has 40 heavy (non-hydrogen) atoms. The van der Waals surface area contributed by atoms with Crippen molar-refractivity contribution in [1.29, 1.82) is 0 Å². The number of nitrogens with one attached hydrogen (secondary N) is 1. The maximum atomic E-state index is 15.1. The number of H-pyrrole nitrogens is 1. The predicted molar refractivity (Wildman–Crippen MR) is 145 cm³/mol. The molecule has 1 aliphatic carbocycles. The highest BCUT2D eigenvalue weighted by Crippen LogP contribution is 2.46. The quantitative estimate of drug-likeness (QED) is 0.172. The van der Waals surface area contributed by atoms with Gasteiger partial charge >= 0.3 is 0 Å². The van der Waals surface area contributed by atoms with E-state index in [4.69, 9.17) is 4.98 Å². The number of nitrogens with zero attached hydrogens (tertiary/aromatic N) is 4. The lowest BCUT2D eigenvalue weighted by molar-refractivity contribution is 0.441. The molecule has 6 rings (SSSR count). The number of halogens is 4. The van der Waals surface area contributed by atoms with Gasteiger partial charge in [-0.15, -0.1) is 10.2 Å². The second-order valence-electron chi connectivity index (χ2n) is 10.2. The van der Waals surface area contributed by atoms with Crippen LogP contribution >= 0.6 is 11.8 Å². The number of hydrogen-bond donors (Lipinski definition) is 1. The van der Waals surface area contributed by atoms with Crippen molar-refractivity contribution in [3.05, 3.63) is 112 Å². The number of aromatic amines is 1. The van der Waals surface area contributed by atoms with Crippen molar-refractivity contribution in [3.63, 3.8) is 0 Å². The van der Waals surface area contributed by atoms with Gasteiger partial charge in [-0.3, -0.25) is 4.57 Å². The number of hydrogen-bond acceptors (Lipinski definition) is 4. The molecule has 2 heterocycles. The number of imidazole rings is 1. The van der Waals surface area contributed by atoms with E-state index in [9.17, 15) is 8.78 Å². The molecule has 1 atom stereocenters. The van der Waals surface area contributed by atoms with E-state index in [1.54, 1.807) is 25.1 Å². The molecule has 1 N–H and O–H groups in total. The summed E-state index contributed by atoms with van der Waals surface area (Å²) in [4.78, 5) is 7.68. The molecule has 0 saturated heterocycles. The summed E-state index contributed by atoms with van der Waals surface area (Å²) in [5, 5.41) is 8.03. The fourth-order valence-corrected chi connectivity index (χ4v) is 6.52. The summed E-state index contributed by atoms with van der Waals surface area (Å²) in [7, 11) is 0. The third-order valence-corrected chi connectivity index (χ3v) is 8.55. The van der Waals surface area contributed by atoms with E-state index < -0.39 is 17.0 Å². The Morgan fingerprint density at radius 1 is 0.975 bits per heavy atom. The van der Waals surface area contributed by atoms with E-state index in [2.05, 4.69) is 22.1 Å². The molecule has 10 heteroatoms. The highest BCUT2D eigenvalue weighted by atomic mass is 32.2. The molecule has 0 saturated carbocycles. The zero-order chi connectivity index (χ0) is 28.0. The Hall–Kier alpha value is -3.92. The van der Waals surface area contributed by atoms with Gasteiger partial charge in [0.1, 0.15) is 29.6 Å². The molecule has 5 aromatic rings. The summed E-state index contributed by atoms with van der Waals surface area (Å²) < 4.78 is 60.2. The summed E-state index contributed by atoms with van der Waals surface area (Å²) in [5.74, 6) is -1.79. The van der Waals surface area contributed by atoms with Crippen LogP contribution < -0.4 is 0 Å². The van der Waals surface area contributed by atoms with E-state index in [0.717, 1.165) is 36.2 Å². The number of aromatic nitrogens is 5. The molecule has 0 bridgehead atoms. The number of aryl methyl sites for hydroxylation is 2. The summed E-state index contributed by atoms with van der Waals surface area (Å²) in [6.07, 6.45) is 3.74. The number of rotatable bonds is 6. The van der Waals surface area contributed by atoms with Crippen LogP contribution in [0.3, 0.4) is 0 Å². The Bertz CT molecular complexity index is 1680. The summed E-state index contributed by atoms with van der Waals surface area (Å²) in [6, 6.07) is 13.7. The maximum absolute atomic E-state index is 15.1. The molecule has 0 spiro atoms. The van der Waals surface area contributed by atoms with E-state index in [1.165, 1.54) is 48.4 Å². The topological polar surface area (TPSA) is 59.4 Å². The van der Waals surface area contributed by atoms with Gasteiger partial charge in [0.05, 0.1) is 11.4 Å². The second kappa shape index (κ2) is 10.2. The van der Waals surface area contributed by atoms with Crippen LogP contribution in [0.1, 0.15) is 47.8 Å². The molecule has 2 aromatic heterocycles. The molecule has 1 aliphatic rings. The minimum atomic E-state index is -0.699.